The molecule has 1 aliphatic carbocycles. The lowest BCUT2D eigenvalue weighted by atomic mass is 9.78. The lowest BCUT2D eigenvalue weighted by Gasteiger charge is -2.26. The summed E-state index contributed by atoms with van der Waals surface area (Å²) in [7, 11) is 0. The fourth-order valence-electron chi connectivity index (χ4n) is 2.65. The first-order chi connectivity index (χ1) is 11.5. The molecule has 0 aliphatic heterocycles. The standard InChI is InChI=1S/C18H23F2NO4/c1-10(21-17(23)25-18(2,3)4)14-6-5-11(12-7-13(22)8-12)9-15(14)24-16(19)20/h5-6,9-10,12,16H,7-8H2,1-4H3,(H,21,23)/t10-/m0/s1. The van der Waals surface area contributed by atoms with Gasteiger partial charge in [-0.15, -0.1) is 0 Å². The molecule has 7 heteroatoms. The number of rotatable bonds is 5. The average molecular weight is 355 g/mol. The summed E-state index contributed by atoms with van der Waals surface area (Å²) in [6.45, 7) is 3.88. The Morgan fingerprint density at radius 1 is 1.28 bits per heavy atom. The maximum Gasteiger partial charge on any atom is 0.408 e. The summed E-state index contributed by atoms with van der Waals surface area (Å²) in [5.74, 6) is 0.191. The van der Waals surface area contributed by atoms with Crippen LogP contribution < -0.4 is 10.1 Å². The first kappa shape index (κ1) is 19.1. The second-order valence-electron chi connectivity index (χ2n) is 7.19. The van der Waals surface area contributed by atoms with Gasteiger partial charge in [0, 0.05) is 18.4 Å². The predicted octanol–water partition coefficient (Wildman–Crippen LogP) is 4.32. The SMILES string of the molecule is C[C@H](NC(=O)OC(C)(C)C)c1ccc(C2CC(=O)C2)cc1OC(F)F. The van der Waals surface area contributed by atoms with E-state index < -0.39 is 24.3 Å². The Kier molecular flexibility index (Phi) is 5.65. The summed E-state index contributed by atoms with van der Waals surface area (Å²) in [4.78, 5) is 23.0. The van der Waals surface area contributed by atoms with Crippen LogP contribution in [-0.2, 0) is 9.53 Å². The average Bonchev–Trinajstić information content (AvgIpc) is 2.40. The summed E-state index contributed by atoms with van der Waals surface area (Å²) in [5.41, 5.74) is 0.538. The molecule has 0 bridgehead atoms. The van der Waals surface area contributed by atoms with E-state index in [-0.39, 0.29) is 17.5 Å². The lowest BCUT2D eigenvalue weighted by Crippen LogP contribution is -2.34. The molecular formula is C18H23F2NO4. The summed E-state index contributed by atoms with van der Waals surface area (Å²) in [6, 6.07) is 4.35. The molecule has 1 saturated carbocycles. The first-order valence-electron chi connectivity index (χ1n) is 8.15. The van der Waals surface area contributed by atoms with Crippen molar-refractivity contribution in [3.05, 3.63) is 29.3 Å². The van der Waals surface area contributed by atoms with E-state index in [9.17, 15) is 18.4 Å². The molecular weight excluding hydrogens is 332 g/mol. The van der Waals surface area contributed by atoms with Crippen molar-refractivity contribution in [3.63, 3.8) is 0 Å². The Hall–Kier alpha value is -2.18. The number of nitrogens with one attached hydrogen (secondary N) is 1. The second-order valence-corrected chi connectivity index (χ2v) is 7.19. The summed E-state index contributed by atoms with van der Waals surface area (Å²) in [5, 5.41) is 2.61. The largest absolute Gasteiger partial charge is 0.444 e. The van der Waals surface area contributed by atoms with Crippen LogP contribution in [0.2, 0.25) is 0 Å². The minimum absolute atomic E-state index is 0.00425. The molecule has 1 aliphatic rings. The van der Waals surface area contributed by atoms with Crippen LogP contribution in [0.4, 0.5) is 13.6 Å². The molecule has 0 unspecified atom stereocenters. The second kappa shape index (κ2) is 7.37. The van der Waals surface area contributed by atoms with E-state index in [0.29, 0.717) is 18.4 Å². The molecule has 1 atom stereocenters. The molecule has 0 aromatic heterocycles. The van der Waals surface area contributed by atoms with Crippen LogP contribution in [-0.4, -0.2) is 24.1 Å². The molecule has 1 aromatic rings. The quantitative estimate of drug-likeness (QED) is 0.854. The van der Waals surface area contributed by atoms with Crippen LogP contribution in [0.25, 0.3) is 0 Å². The van der Waals surface area contributed by atoms with Gasteiger partial charge in [0.1, 0.15) is 17.1 Å². The highest BCUT2D eigenvalue weighted by Gasteiger charge is 2.29. The van der Waals surface area contributed by atoms with Crippen molar-refractivity contribution >= 4 is 11.9 Å². The van der Waals surface area contributed by atoms with Crippen LogP contribution in [0, 0.1) is 0 Å². The highest BCUT2D eigenvalue weighted by Crippen LogP contribution is 2.37. The van der Waals surface area contributed by atoms with Gasteiger partial charge in [-0.2, -0.15) is 8.78 Å². The van der Waals surface area contributed by atoms with Gasteiger partial charge in [-0.1, -0.05) is 12.1 Å². The number of benzene rings is 1. The zero-order valence-electron chi connectivity index (χ0n) is 14.8. The van der Waals surface area contributed by atoms with E-state index in [1.54, 1.807) is 39.8 Å². The van der Waals surface area contributed by atoms with Crippen molar-refractivity contribution in [3.8, 4) is 5.75 Å². The van der Waals surface area contributed by atoms with Crippen molar-refractivity contribution in [1.82, 2.24) is 5.32 Å². The number of carbonyl (C=O) groups excluding carboxylic acids is 2. The Morgan fingerprint density at radius 2 is 1.92 bits per heavy atom. The molecule has 2 rings (SSSR count). The molecule has 1 amide bonds. The van der Waals surface area contributed by atoms with Crippen molar-refractivity contribution in [2.45, 2.75) is 64.7 Å². The third-order valence-corrected chi connectivity index (χ3v) is 3.87. The maximum absolute atomic E-state index is 12.8. The fourth-order valence-corrected chi connectivity index (χ4v) is 2.65. The number of ether oxygens (including phenoxy) is 2. The highest BCUT2D eigenvalue weighted by molar-refractivity contribution is 5.86. The van der Waals surface area contributed by atoms with Gasteiger partial charge in [0.2, 0.25) is 0 Å². The summed E-state index contributed by atoms with van der Waals surface area (Å²) in [6.07, 6.45) is 0.190. The zero-order valence-corrected chi connectivity index (χ0v) is 14.8. The first-order valence-corrected chi connectivity index (χ1v) is 8.15. The predicted molar refractivity (Wildman–Crippen MR) is 87.8 cm³/mol. The smallest absolute Gasteiger partial charge is 0.408 e. The molecule has 0 radical (unpaired) electrons. The van der Waals surface area contributed by atoms with Crippen molar-refractivity contribution < 1.29 is 27.8 Å². The van der Waals surface area contributed by atoms with Crippen LogP contribution in [0.3, 0.4) is 0 Å². The van der Waals surface area contributed by atoms with Crippen LogP contribution in [0.1, 0.15) is 63.6 Å². The molecule has 1 aromatic carbocycles. The van der Waals surface area contributed by atoms with E-state index >= 15 is 0 Å². The Morgan fingerprint density at radius 3 is 2.44 bits per heavy atom. The molecule has 138 valence electrons. The van der Waals surface area contributed by atoms with Crippen molar-refractivity contribution in [1.29, 1.82) is 0 Å². The fraction of sp³-hybridized carbons (Fsp3) is 0.556. The van der Waals surface area contributed by atoms with E-state index in [4.69, 9.17) is 4.74 Å². The highest BCUT2D eigenvalue weighted by atomic mass is 19.3. The number of hydrogen-bond donors (Lipinski definition) is 1. The number of carbonyl (C=O) groups is 2. The number of amides is 1. The molecule has 1 fully saturated rings. The van der Waals surface area contributed by atoms with Crippen LogP contribution in [0.5, 0.6) is 5.75 Å². The molecule has 0 spiro atoms. The number of alkyl carbamates (subject to hydrolysis) is 1. The van der Waals surface area contributed by atoms with Gasteiger partial charge in [0.15, 0.2) is 0 Å². The van der Waals surface area contributed by atoms with E-state index in [1.165, 1.54) is 6.07 Å². The van der Waals surface area contributed by atoms with Gasteiger partial charge >= 0.3 is 12.7 Å². The molecule has 5 nitrogen and oxygen atoms in total. The monoisotopic (exact) mass is 355 g/mol. The van der Waals surface area contributed by atoms with Crippen molar-refractivity contribution in [2.24, 2.45) is 0 Å². The molecule has 0 saturated heterocycles. The number of alkyl halides is 2. The lowest BCUT2D eigenvalue weighted by molar-refractivity contribution is -0.124. The van der Waals surface area contributed by atoms with Crippen molar-refractivity contribution in [2.75, 3.05) is 0 Å². The summed E-state index contributed by atoms with van der Waals surface area (Å²) < 4.78 is 35.3. The number of ketones is 1. The third kappa shape index (κ3) is 5.41. The number of hydrogen-bond acceptors (Lipinski definition) is 4. The summed E-state index contributed by atoms with van der Waals surface area (Å²) >= 11 is 0. The third-order valence-electron chi connectivity index (χ3n) is 3.87. The maximum atomic E-state index is 12.8. The Balaban J connectivity index is 2.17. The van der Waals surface area contributed by atoms with Gasteiger partial charge < -0.3 is 14.8 Å². The molecule has 0 heterocycles. The Bertz CT molecular complexity index is 647. The minimum atomic E-state index is -2.98. The van der Waals surface area contributed by atoms with E-state index in [2.05, 4.69) is 10.1 Å². The topological polar surface area (TPSA) is 64.6 Å². The van der Waals surface area contributed by atoms with E-state index in [1.807, 2.05) is 0 Å². The molecule has 25 heavy (non-hydrogen) atoms. The van der Waals surface area contributed by atoms with Gasteiger partial charge in [0.25, 0.3) is 0 Å². The van der Waals surface area contributed by atoms with Crippen LogP contribution in [0.15, 0.2) is 18.2 Å². The van der Waals surface area contributed by atoms with Gasteiger partial charge in [-0.05, 0) is 45.2 Å². The minimum Gasteiger partial charge on any atom is -0.444 e. The van der Waals surface area contributed by atoms with Gasteiger partial charge in [-0.3, -0.25) is 4.79 Å². The number of Topliss-reactive ketones (excluding diaryl/α,β-unsaturated/α-hetero) is 1. The van der Waals surface area contributed by atoms with Crippen LogP contribution >= 0.6 is 0 Å². The van der Waals surface area contributed by atoms with E-state index in [0.717, 1.165) is 5.56 Å². The zero-order chi connectivity index (χ0) is 18.8. The van der Waals surface area contributed by atoms with Gasteiger partial charge in [0.05, 0.1) is 6.04 Å². The Labute approximate surface area is 145 Å². The molecule has 1 N–H and O–H groups in total. The number of halogens is 2. The van der Waals surface area contributed by atoms with Gasteiger partial charge in [-0.25, -0.2) is 4.79 Å². The normalized spacial score (nSPS) is 16.4.